The summed E-state index contributed by atoms with van der Waals surface area (Å²) in [6.45, 7) is 30.2. The zero-order chi connectivity index (χ0) is 62.9. The first-order chi connectivity index (χ1) is 39.0. The predicted molar refractivity (Wildman–Crippen MR) is 299 cm³/mol. The summed E-state index contributed by atoms with van der Waals surface area (Å²) in [5.41, 5.74) is 0.977. The molecule has 3 atom stereocenters. The van der Waals surface area contributed by atoms with Crippen molar-refractivity contribution in [3.63, 3.8) is 0 Å². The van der Waals surface area contributed by atoms with E-state index in [-0.39, 0.29) is 77.8 Å². The monoisotopic (exact) mass is 1170 g/mol. The highest BCUT2D eigenvalue weighted by molar-refractivity contribution is 5.96. The molecule has 24 nitrogen and oxygen atoms in total. The number of likely N-dealkylation sites (N-methyl/N-ethyl adjacent to an activating group) is 2. The number of carbonyl (C=O) groups is 5. The Morgan fingerprint density at radius 2 is 0.878 bits per heavy atom. The number of anilines is 3. The number of nitrogens with zero attached hydrogens (tertiary/aromatic N) is 9. The maximum atomic E-state index is 12.3. The third-order valence-electron chi connectivity index (χ3n) is 12.7. The molecule has 3 heterocycles. The minimum atomic E-state index is -4.64. The van der Waals surface area contributed by atoms with Crippen molar-refractivity contribution in [3.05, 3.63) is 102 Å². The molecule has 3 aromatic carbocycles. The van der Waals surface area contributed by atoms with E-state index in [0.29, 0.717) is 25.3 Å². The van der Waals surface area contributed by atoms with Crippen LogP contribution < -0.4 is 14.7 Å². The van der Waals surface area contributed by atoms with Gasteiger partial charge in [-0.25, -0.2) is 19.2 Å². The molecule has 6 rings (SSSR count). The van der Waals surface area contributed by atoms with Crippen LogP contribution in [0, 0.1) is 30.3 Å². The fraction of sp³-hybridized carbons (Fsp3) is 0.574. The summed E-state index contributed by atoms with van der Waals surface area (Å²) in [6, 6.07) is 14.3. The number of amides is 1. The second kappa shape index (κ2) is 33.2. The first kappa shape index (κ1) is 68.5. The number of alkyl halides is 4. The van der Waals surface area contributed by atoms with Crippen molar-refractivity contribution in [1.29, 1.82) is 0 Å². The third-order valence-corrected chi connectivity index (χ3v) is 12.7. The number of nitro groups is 3. The third kappa shape index (κ3) is 21.3. The molecule has 0 aliphatic carbocycles. The van der Waals surface area contributed by atoms with Crippen LogP contribution in [0.3, 0.4) is 0 Å². The normalized spacial score (nSPS) is 17.5. The fourth-order valence-corrected chi connectivity index (χ4v) is 8.94. The summed E-state index contributed by atoms with van der Waals surface area (Å²) in [4.78, 5) is 102. The van der Waals surface area contributed by atoms with Gasteiger partial charge < -0.3 is 38.5 Å². The zero-order valence-electron chi connectivity index (χ0n) is 49.3. The van der Waals surface area contributed by atoms with Crippen LogP contribution in [-0.4, -0.2) is 189 Å². The number of ether oxygens (including phenoxy) is 4. The molecular weight excluding hydrogens is 1090 g/mol. The van der Waals surface area contributed by atoms with Gasteiger partial charge in [-0.05, 0) is 112 Å². The van der Waals surface area contributed by atoms with E-state index in [0.717, 1.165) is 63.7 Å². The number of piperazine rings is 3. The predicted octanol–water partition coefficient (Wildman–Crippen LogP) is 9.15. The summed E-state index contributed by atoms with van der Waals surface area (Å²) >= 11 is 0. The molecule has 456 valence electrons. The van der Waals surface area contributed by atoms with Crippen molar-refractivity contribution >= 4 is 64.4 Å². The van der Waals surface area contributed by atoms with Gasteiger partial charge in [-0.2, -0.15) is 13.2 Å². The maximum absolute atomic E-state index is 12.3. The van der Waals surface area contributed by atoms with Crippen molar-refractivity contribution in [3.8, 4) is 0 Å². The molecule has 3 fully saturated rings. The largest absolute Gasteiger partial charge is 0.462 e. The minimum Gasteiger partial charge on any atom is -0.462 e. The number of hydrogen-bond acceptors (Lipinski definition) is 20. The van der Waals surface area contributed by atoms with Gasteiger partial charge in [-0.15, -0.1) is 0 Å². The summed E-state index contributed by atoms with van der Waals surface area (Å²) in [5.74, 6) is -2.03. The van der Waals surface area contributed by atoms with Crippen LogP contribution in [-0.2, 0) is 23.7 Å². The van der Waals surface area contributed by atoms with E-state index in [1.807, 2.05) is 32.6 Å². The number of aldehydes is 1. The van der Waals surface area contributed by atoms with Gasteiger partial charge >= 0.3 is 30.2 Å². The Morgan fingerprint density at radius 3 is 1.11 bits per heavy atom. The number of rotatable bonds is 14. The van der Waals surface area contributed by atoms with Crippen LogP contribution in [0.5, 0.6) is 0 Å². The van der Waals surface area contributed by atoms with E-state index in [1.165, 1.54) is 24.3 Å². The second-order valence-electron chi connectivity index (χ2n) is 19.5. The van der Waals surface area contributed by atoms with Gasteiger partial charge in [0.05, 0.1) is 43.1 Å². The lowest BCUT2D eigenvalue weighted by molar-refractivity contribution is -0.385. The molecule has 28 heteroatoms. The average Bonchev–Trinajstić information content (AvgIpc) is 3.61. The molecule has 0 N–H and O–H groups in total. The van der Waals surface area contributed by atoms with Crippen LogP contribution in [0.1, 0.15) is 109 Å². The molecule has 3 aromatic rings. The SMILES string of the molecule is CCOC(=O)c1cc(N2CCN(C(=O)OC(C)(C)C)C[C@@H]2C)ccc1[N+](=O)[O-].CCOC(=O)c1cc(N2CCN(CC)C[C@@H]2C)ccc1[N+](=O)[O-].CCOC(=O)c1cc(N2CCN(CC)C[C@@H]2C)ccc1[N+](=O)[O-].O=CC(F)(F)F.[2H]CF. The lowest BCUT2D eigenvalue weighted by Gasteiger charge is -2.41. The molecule has 0 spiro atoms. The van der Waals surface area contributed by atoms with Crippen LogP contribution in [0.25, 0.3) is 0 Å². The standard InChI is InChI=1S/C19H27N3O6.2C16H23N3O4.C2HF3O.CH3F/c1-6-27-17(23)15-11-14(7-8-16(15)22(25)26)21-10-9-20(12-13(21)2)18(24)28-19(3,4)5;2*1-4-17-8-9-18(12(3)11-17)13-6-7-15(19(21)22)14(10-13)16(20)23-5-2;3-2(4,5)1-6;1-2/h7-8,11,13H,6,9-10,12H2,1-5H3;2*6-7,10,12H,4-5,8-9,11H2,1-3H3;1H;1H3/t13-;2*12-;;/m000../s1/i;;;;1D. The van der Waals surface area contributed by atoms with Gasteiger partial charge in [-0.3, -0.25) is 49.3 Å². The highest BCUT2D eigenvalue weighted by atomic mass is 19.4. The smallest absolute Gasteiger partial charge is 0.446 e. The van der Waals surface area contributed by atoms with E-state index >= 15 is 0 Å². The molecule has 0 saturated carbocycles. The van der Waals surface area contributed by atoms with E-state index in [9.17, 15) is 67.1 Å². The molecule has 82 heavy (non-hydrogen) atoms. The highest BCUT2D eigenvalue weighted by Crippen LogP contribution is 2.32. The van der Waals surface area contributed by atoms with E-state index in [2.05, 4.69) is 47.3 Å². The molecule has 0 aromatic heterocycles. The fourth-order valence-electron chi connectivity index (χ4n) is 8.94. The number of esters is 3. The van der Waals surface area contributed by atoms with Crippen molar-refractivity contribution in [2.75, 3.05) is 114 Å². The first-order valence-corrected chi connectivity index (χ1v) is 26.4. The lowest BCUT2D eigenvalue weighted by atomic mass is 10.1. The average molecular weight is 1170 g/mol. The van der Waals surface area contributed by atoms with Gasteiger partial charge in [0, 0.05) is 112 Å². The Morgan fingerprint density at radius 1 is 0.585 bits per heavy atom. The molecular formula is C54H77F4N9O15. The Labute approximate surface area is 476 Å². The Hall–Kier alpha value is -7.75. The van der Waals surface area contributed by atoms with E-state index in [1.54, 1.807) is 56.0 Å². The number of carbonyl (C=O) groups excluding carboxylic acids is 5. The van der Waals surface area contributed by atoms with Crippen molar-refractivity contribution < 1.29 is 76.6 Å². The first-order valence-electron chi connectivity index (χ1n) is 27.1. The molecule has 0 radical (unpaired) electrons. The van der Waals surface area contributed by atoms with E-state index < -0.39 is 57.9 Å². The number of benzene rings is 3. The lowest BCUT2D eigenvalue weighted by Crippen LogP contribution is -2.54. The van der Waals surface area contributed by atoms with E-state index in [4.69, 9.17) is 25.1 Å². The molecule has 3 aliphatic rings. The van der Waals surface area contributed by atoms with Gasteiger partial charge in [0.15, 0.2) is 0 Å². The van der Waals surface area contributed by atoms with Gasteiger partial charge in [0.1, 0.15) is 22.3 Å². The van der Waals surface area contributed by atoms with Gasteiger partial charge in [0.2, 0.25) is 6.29 Å². The Bertz CT molecular complexity index is 2570. The maximum Gasteiger partial charge on any atom is 0.446 e. The second-order valence-corrected chi connectivity index (χ2v) is 19.5. The van der Waals surface area contributed by atoms with Crippen LogP contribution in [0.15, 0.2) is 54.6 Å². The van der Waals surface area contributed by atoms with Gasteiger partial charge in [0.25, 0.3) is 17.1 Å². The summed E-state index contributed by atoms with van der Waals surface area (Å²) in [7, 11) is -1.00. The summed E-state index contributed by atoms with van der Waals surface area (Å²) in [6.07, 6.45) is -6.07. The quantitative estimate of drug-likeness (QED) is 0.0363. The number of hydrogen-bond donors (Lipinski definition) is 0. The van der Waals surface area contributed by atoms with Crippen LogP contribution >= 0.6 is 0 Å². The minimum absolute atomic E-state index is 0.0134. The van der Waals surface area contributed by atoms with Gasteiger partial charge in [-0.1, -0.05) is 13.8 Å². The summed E-state index contributed by atoms with van der Waals surface area (Å²) in [5, 5.41) is 33.5. The van der Waals surface area contributed by atoms with Crippen molar-refractivity contribution in [2.24, 2.45) is 0 Å². The topological polar surface area (TPSA) is 271 Å². The van der Waals surface area contributed by atoms with Crippen molar-refractivity contribution in [1.82, 2.24) is 14.7 Å². The number of halogens is 4. The Kier molecular flexibility index (Phi) is 27.8. The number of nitro benzene ring substituents is 3. The molecule has 0 bridgehead atoms. The van der Waals surface area contributed by atoms with Crippen LogP contribution in [0.2, 0.25) is 0 Å². The molecule has 0 unspecified atom stereocenters. The highest BCUT2D eigenvalue weighted by Gasteiger charge is 2.33. The molecule has 3 saturated heterocycles. The zero-order valence-corrected chi connectivity index (χ0v) is 48.3. The molecule has 1 amide bonds. The van der Waals surface area contributed by atoms with Crippen LogP contribution in [0.4, 0.5) is 56.5 Å². The Balaban J connectivity index is 0.000000397. The summed E-state index contributed by atoms with van der Waals surface area (Å²) < 4.78 is 67.0. The molecule has 3 aliphatic heterocycles. The van der Waals surface area contributed by atoms with Crippen molar-refractivity contribution in [2.45, 2.75) is 106 Å².